The maximum atomic E-state index is 14.0. The lowest BCUT2D eigenvalue weighted by Crippen LogP contribution is -2.53. The highest BCUT2D eigenvalue weighted by molar-refractivity contribution is 7.92. The fourth-order valence-electron chi connectivity index (χ4n) is 4.28. The van der Waals surface area contributed by atoms with Gasteiger partial charge in [0.25, 0.3) is 10.0 Å². The third kappa shape index (κ3) is 8.28. The summed E-state index contributed by atoms with van der Waals surface area (Å²) in [7, 11) is -4.32. The molecule has 1 N–H and O–H groups in total. The number of nitrogens with one attached hydrogen (secondary N) is 1. The van der Waals surface area contributed by atoms with Crippen LogP contribution in [0.2, 0.25) is 0 Å². The molecule has 3 aromatic carbocycles. The summed E-state index contributed by atoms with van der Waals surface area (Å²) in [6.07, 6.45) is 0.921. The Bertz CT molecular complexity index is 1430. The zero-order chi connectivity index (χ0) is 30.9. The Morgan fingerprint density at radius 1 is 0.857 bits per heavy atom. The number of nitrogens with zero attached hydrogens (tertiary/aromatic N) is 2. The van der Waals surface area contributed by atoms with E-state index in [0.29, 0.717) is 24.3 Å². The highest BCUT2D eigenvalue weighted by atomic mass is 32.2. The first-order chi connectivity index (χ1) is 20.0. The van der Waals surface area contributed by atoms with Crippen molar-refractivity contribution in [1.29, 1.82) is 0 Å². The second-order valence-corrected chi connectivity index (χ2v) is 11.6. The molecule has 42 heavy (non-hydrogen) atoms. The predicted octanol–water partition coefficient (Wildman–Crippen LogP) is 5.28. The number of rotatable bonds is 14. The van der Waals surface area contributed by atoms with Gasteiger partial charge < -0.3 is 15.0 Å². The maximum Gasteiger partial charge on any atom is 0.264 e. The van der Waals surface area contributed by atoms with Crippen LogP contribution in [0.3, 0.4) is 0 Å². The summed E-state index contributed by atoms with van der Waals surface area (Å²) >= 11 is 0. The fourth-order valence-corrected chi connectivity index (χ4v) is 5.70. The monoisotopic (exact) mass is 601 g/mol. The van der Waals surface area contributed by atoms with Crippen molar-refractivity contribution < 1.29 is 31.5 Å². The van der Waals surface area contributed by atoms with Gasteiger partial charge in [-0.25, -0.2) is 17.2 Å². The SMILES string of the molecule is CCOc1ccc(S(=O)(=O)N(CC(=O)N(Cc2ccc(F)cc2)C(CC)C(=O)NC(C)CC)c2ccc(F)cc2)cc1. The lowest BCUT2D eigenvalue weighted by molar-refractivity contribution is -0.140. The number of carbonyl (C=O) groups excluding carboxylic acids is 2. The Morgan fingerprint density at radius 3 is 1.95 bits per heavy atom. The highest BCUT2D eigenvalue weighted by Gasteiger charge is 2.34. The largest absolute Gasteiger partial charge is 0.494 e. The topological polar surface area (TPSA) is 96.0 Å². The van der Waals surface area contributed by atoms with E-state index < -0.39 is 40.2 Å². The average Bonchev–Trinajstić information content (AvgIpc) is 2.97. The molecule has 0 aliphatic heterocycles. The molecule has 2 atom stereocenters. The van der Waals surface area contributed by atoms with Crippen LogP contribution in [0.15, 0.2) is 77.7 Å². The first-order valence-corrected chi connectivity index (χ1v) is 15.3. The standard InChI is InChI=1S/C31H37F2N3O5S/c1-5-22(4)34-31(38)29(6-2)35(20-23-8-10-24(32)11-9-23)30(37)21-36(26-14-12-25(33)13-15-26)42(39,40)28-18-16-27(17-19-28)41-7-3/h8-19,22,29H,5-7,20-21H2,1-4H3,(H,34,38). The number of carbonyl (C=O) groups is 2. The van der Waals surface area contributed by atoms with Crippen molar-refractivity contribution in [2.75, 3.05) is 17.5 Å². The number of hydrogen-bond donors (Lipinski definition) is 1. The average molecular weight is 602 g/mol. The highest BCUT2D eigenvalue weighted by Crippen LogP contribution is 2.26. The number of benzene rings is 3. The zero-order valence-electron chi connectivity index (χ0n) is 24.2. The molecule has 11 heteroatoms. The van der Waals surface area contributed by atoms with Crippen LogP contribution >= 0.6 is 0 Å². The molecule has 0 radical (unpaired) electrons. The van der Waals surface area contributed by atoms with E-state index in [1.807, 2.05) is 13.8 Å². The van der Waals surface area contributed by atoms with Crippen LogP contribution in [0.25, 0.3) is 0 Å². The molecule has 0 spiro atoms. The van der Waals surface area contributed by atoms with Gasteiger partial charge in [0.2, 0.25) is 11.8 Å². The van der Waals surface area contributed by atoms with Crippen LogP contribution in [-0.4, -0.2) is 50.4 Å². The summed E-state index contributed by atoms with van der Waals surface area (Å²) in [5, 5.41) is 2.90. The number of sulfonamides is 1. The molecule has 0 aliphatic rings. The summed E-state index contributed by atoms with van der Waals surface area (Å²) < 4.78 is 61.5. The Hall–Kier alpha value is -3.99. The third-order valence-electron chi connectivity index (χ3n) is 6.77. The summed E-state index contributed by atoms with van der Waals surface area (Å²) in [6, 6.07) is 14.9. The summed E-state index contributed by atoms with van der Waals surface area (Å²) in [5.74, 6) is -1.60. The Balaban J connectivity index is 2.04. The van der Waals surface area contributed by atoms with Gasteiger partial charge in [-0.2, -0.15) is 0 Å². The van der Waals surface area contributed by atoms with Crippen molar-refractivity contribution in [1.82, 2.24) is 10.2 Å². The molecular weight excluding hydrogens is 564 g/mol. The minimum atomic E-state index is -4.32. The molecule has 0 bridgehead atoms. The first kappa shape index (κ1) is 32.5. The number of hydrogen-bond acceptors (Lipinski definition) is 5. The molecule has 0 saturated heterocycles. The minimum absolute atomic E-state index is 0.0636. The van der Waals surface area contributed by atoms with Gasteiger partial charge in [0.1, 0.15) is 30.0 Å². The van der Waals surface area contributed by atoms with Crippen molar-refractivity contribution in [3.05, 3.63) is 90.0 Å². The predicted molar refractivity (Wildman–Crippen MR) is 157 cm³/mol. The molecule has 2 amide bonds. The molecule has 0 fully saturated rings. The van der Waals surface area contributed by atoms with Gasteiger partial charge in [0, 0.05) is 12.6 Å². The van der Waals surface area contributed by atoms with Crippen molar-refractivity contribution in [3.63, 3.8) is 0 Å². The van der Waals surface area contributed by atoms with E-state index in [1.54, 1.807) is 13.8 Å². The zero-order valence-corrected chi connectivity index (χ0v) is 25.0. The Morgan fingerprint density at radius 2 is 1.43 bits per heavy atom. The smallest absolute Gasteiger partial charge is 0.264 e. The van der Waals surface area contributed by atoms with Gasteiger partial charge in [0.05, 0.1) is 17.2 Å². The van der Waals surface area contributed by atoms with E-state index in [-0.39, 0.29) is 35.5 Å². The van der Waals surface area contributed by atoms with Gasteiger partial charge in [0.15, 0.2) is 0 Å². The van der Waals surface area contributed by atoms with Gasteiger partial charge >= 0.3 is 0 Å². The molecule has 0 saturated carbocycles. The lowest BCUT2D eigenvalue weighted by Gasteiger charge is -2.33. The summed E-state index contributed by atoms with van der Waals surface area (Å²) in [4.78, 5) is 28.5. The maximum absolute atomic E-state index is 14.0. The Kier molecular flexibility index (Phi) is 11.4. The normalized spacial score (nSPS) is 12.7. The molecule has 8 nitrogen and oxygen atoms in total. The molecule has 3 aromatic rings. The van der Waals surface area contributed by atoms with Crippen LogP contribution in [0, 0.1) is 11.6 Å². The van der Waals surface area contributed by atoms with E-state index in [9.17, 15) is 26.8 Å². The molecule has 0 heterocycles. The fraction of sp³-hybridized carbons (Fsp3) is 0.355. The van der Waals surface area contributed by atoms with E-state index in [1.165, 1.54) is 65.6 Å². The number of ether oxygens (including phenoxy) is 1. The van der Waals surface area contributed by atoms with Crippen molar-refractivity contribution >= 4 is 27.5 Å². The van der Waals surface area contributed by atoms with Gasteiger partial charge in [-0.15, -0.1) is 0 Å². The van der Waals surface area contributed by atoms with Gasteiger partial charge in [-0.3, -0.25) is 13.9 Å². The molecule has 226 valence electrons. The molecule has 2 unspecified atom stereocenters. The molecule has 3 rings (SSSR count). The second-order valence-electron chi connectivity index (χ2n) is 9.78. The minimum Gasteiger partial charge on any atom is -0.494 e. The van der Waals surface area contributed by atoms with Crippen molar-refractivity contribution in [3.8, 4) is 5.75 Å². The van der Waals surface area contributed by atoms with Crippen LogP contribution in [0.1, 0.15) is 46.1 Å². The number of anilines is 1. The van der Waals surface area contributed by atoms with Crippen LogP contribution in [0.4, 0.5) is 14.5 Å². The quantitative estimate of drug-likeness (QED) is 0.271. The van der Waals surface area contributed by atoms with E-state index >= 15 is 0 Å². The van der Waals surface area contributed by atoms with Crippen molar-refractivity contribution in [2.45, 2.75) is 64.1 Å². The lowest BCUT2D eigenvalue weighted by atomic mass is 10.1. The summed E-state index contributed by atoms with van der Waals surface area (Å²) in [6.45, 7) is 6.98. The van der Waals surface area contributed by atoms with Gasteiger partial charge in [-0.05, 0) is 92.9 Å². The van der Waals surface area contributed by atoms with E-state index in [4.69, 9.17) is 4.74 Å². The van der Waals surface area contributed by atoms with Crippen LogP contribution in [-0.2, 0) is 26.2 Å². The first-order valence-electron chi connectivity index (χ1n) is 13.9. The molecule has 0 aromatic heterocycles. The van der Waals surface area contributed by atoms with Gasteiger partial charge in [-0.1, -0.05) is 26.0 Å². The third-order valence-corrected chi connectivity index (χ3v) is 8.56. The molecular formula is C31H37F2N3O5S. The Labute approximate surface area is 246 Å². The van der Waals surface area contributed by atoms with Crippen LogP contribution in [0.5, 0.6) is 5.75 Å². The van der Waals surface area contributed by atoms with E-state index in [2.05, 4.69) is 5.32 Å². The van der Waals surface area contributed by atoms with E-state index in [0.717, 1.165) is 16.4 Å². The van der Waals surface area contributed by atoms with Crippen LogP contribution < -0.4 is 14.4 Å². The second kappa shape index (κ2) is 14.8. The van der Waals surface area contributed by atoms with Crippen molar-refractivity contribution in [2.24, 2.45) is 0 Å². The number of amides is 2. The molecule has 0 aliphatic carbocycles. The number of halogens is 2. The summed E-state index contributed by atoms with van der Waals surface area (Å²) in [5.41, 5.74) is 0.625.